The van der Waals surface area contributed by atoms with Crippen LogP contribution >= 0.6 is 0 Å². The van der Waals surface area contributed by atoms with Crippen LogP contribution in [0, 0.1) is 45.1 Å². The van der Waals surface area contributed by atoms with Crippen molar-refractivity contribution in [2.24, 2.45) is 0 Å². The van der Waals surface area contributed by atoms with Gasteiger partial charge in [-0.2, -0.15) is 0 Å². The number of anilines is 7. The van der Waals surface area contributed by atoms with Gasteiger partial charge in [-0.05, 0) is 206 Å². The Morgan fingerprint density at radius 3 is 1.18 bits per heavy atom. The van der Waals surface area contributed by atoms with Crippen molar-refractivity contribution in [1.82, 2.24) is 9.97 Å². The molecule has 0 saturated heterocycles. The van der Waals surface area contributed by atoms with Gasteiger partial charge in [-0.1, -0.05) is 60.7 Å². The zero-order valence-electron chi connectivity index (χ0n) is 60.0. The van der Waals surface area contributed by atoms with Gasteiger partial charge in [0.1, 0.15) is 23.3 Å². The lowest BCUT2D eigenvalue weighted by atomic mass is 10.1. The van der Waals surface area contributed by atoms with Crippen LogP contribution in [0.15, 0.2) is 116 Å². The highest BCUT2D eigenvalue weighted by Gasteiger charge is 2.37. The third-order valence-electron chi connectivity index (χ3n) is 17.8. The number of benzene rings is 5. The highest BCUT2D eigenvalue weighted by Crippen LogP contribution is 2.39. The van der Waals surface area contributed by atoms with E-state index in [2.05, 4.69) is 48.9 Å². The summed E-state index contributed by atoms with van der Waals surface area (Å²) in [7, 11) is 0. The number of hydrogen-bond acceptors (Lipinski definition) is 9. The van der Waals surface area contributed by atoms with Crippen LogP contribution in [0.1, 0.15) is 158 Å². The number of carbonyl (C=O) groups excluding carboxylic acids is 7. The first-order valence-corrected chi connectivity index (χ1v) is 33.9. The summed E-state index contributed by atoms with van der Waals surface area (Å²) in [4.78, 5) is 102. The first kappa shape index (κ1) is 74.3. The van der Waals surface area contributed by atoms with E-state index in [0.29, 0.717) is 67.3 Å². The van der Waals surface area contributed by atoms with Crippen molar-refractivity contribution in [3.8, 4) is 0 Å². The molecular formula is C79H94F3N9O7. The average Bonchev–Trinajstić information content (AvgIpc) is 1.50. The van der Waals surface area contributed by atoms with Gasteiger partial charge in [-0.15, -0.1) is 0 Å². The van der Waals surface area contributed by atoms with Gasteiger partial charge in [0.2, 0.25) is 41.4 Å². The quantitative estimate of drug-likeness (QED) is 0.151. The van der Waals surface area contributed by atoms with E-state index < -0.39 is 0 Å². The SMILES string of the molecule is CC(C)N1C(=O)Cc2ccccc21.CC(C)N1C(=O)Cc2cccnc21.CC(C)N1C(=O)Cc2ncccc21.Cc1c(F)ccc2c1N(C(C)C)C(=O)C2.Cc1c(F)ccc2c1N(C(C)C)C(=O)C2.Cc1ccc2c(c1)N(C(C)C)C(=O)C2.Cc1ccc2c(c1F)N(C(C)C)C(=O)C2. The molecular weight excluding hydrogens is 1240 g/mol. The van der Waals surface area contributed by atoms with E-state index in [9.17, 15) is 46.7 Å². The molecule has 0 unspecified atom stereocenters. The Labute approximate surface area is 575 Å². The highest BCUT2D eigenvalue weighted by molar-refractivity contribution is 6.06. The van der Waals surface area contributed by atoms with Crippen LogP contribution in [-0.4, -0.2) is 93.6 Å². The van der Waals surface area contributed by atoms with Crippen LogP contribution in [0.2, 0.25) is 0 Å². The largest absolute Gasteiger partial charge is 0.309 e. The minimum atomic E-state index is -0.257. The molecule has 5 aromatic carbocycles. The molecule has 9 heterocycles. The molecule has 7 aromatic rings. The number of aromatic nitrogens is 2. The molecule has 2 aromatic heterocycles. The molecule has 0 spiro atoms. The summed E-state index contributed by atoms with van der Waals surface area (Å²) < 4.78 is 40.7. The van der Waals surface area contributed by atoms with Crippen LogP contribution < -0.4 is 34.3 Å². The number of fused-ring (bicyclic) bond motifs is 7. The zero-order valence-corrected chi connectivity index (χ0v) is 60.0. The lowest BCUT2D eigenvalue weighted by Gasteiger charge is -2.23. The van der Waals surface area contributed by atoms with Crippen LogP contribution in [0.4, 0.5) is 53.1 Å². The molecule has 7 amide bonds. The van der Waals surface area contributed by atoms with Crippen molar-refractivity contribution in [2.45, 2.75) is 212 Å². The number of hydrogen-bond donors (Lipinski definition) is 0. The number of halogens is 3. The Morgan fingerprint density at radius 1 is 0.327 bits per heavy atom. The fraction of sp³-hybridized carbons (Fsp3) is 0.405. The minimum Gasteiger partial charge on any atom is -0.309 e. The Bertz CT molecular complexity index is 3820. The molecule has 0 aliphatic carbocycles. The number of carbonyl (C=O) groups is 7. The van der Waals surface area contributed by atoms with Gasteiger partial charge in [-0.3, -0.25) is 43.4 Å². The molecule has 0 radical (unpaired) electrons. The van der Waals surface area contributed by atoms with Gasteiger partial charge in [-0.25, -0.2) is 18.2 Å². The molecule has 16 nitrogen and oxygen atoms in total. The Kier molecular flexibility index (Phi) is 23.8. The number of para-hydroxylation sites is 1. The van der Waals surface area contributed by atoms with E-state index >= 15 is 0 Å². The summed E-state index contributed by atoms with van der Waals surface area (Å²) in [6.45, 7) is 35.0. The molecule has 7 aliphatic heterocycles. The van der Waals surface area contributed by atoms with Crippen molar-refractivity contribution >= 4 is 81.3 Å². The van der Waals surface area contributed by atoms with E-state index in [1.165, 1.54) is 17.7 Å². The summed E-state index contributed by atoms with van der Waals surface area (Å²) in [6.07, 6.45) is 6.66. The number of nitrogens with zero attached hydrogens (tertiary/aromatic N) is 9. The van der Waals surface area contributed by atoms with Crippen molar-refractivity contribution in [3.63, 3.8) is 0 Å². The van der Waals surface area contributed by atoms with Crippen molar-refractivity contribution in [3.05, 3.63) is 194 Å². The van der Waals surface area contributed by atoms with Crippen molar-refractivity contribution in [2.75, 3.05) is 34.3 Å². The topological polar surface area (TPSA) is 168 Å². The molecule has 0 saturated carbocycles. The maximum atomic E-state index is 13.9. The number of pyridine rings is 2. The predicted octanol–water partition coefficient (Wildman–Crippen LogP) is 14.3. The van der Waals surface area contributed by atoms with Crippen LogP contribution in [0.3, 0.4) is 0 Å². The maximum absolute atomic E-state index is 13.9. The lowest BCUT2D eigenvalue weighted by Crippen LogP contribution is -2.34. The zero-order chi connectivity index (χ0) is 72.0. The number of aryl methyl sites for hydroxylation is 2. The number of rotatable bonds is 7. The molecule has 14 rings (SSSR count). The first-order chi connectivity index (χ1) is 46.2. The second-order valence-electron chi connectivity index (χ2n) is 27.5. The molecule has 518 valence electrons. The number of amides is 7. The van der Waals surface area contributed by atoms with Crippen LogP contribution in [0.5, 0.6) is 0 Å². The molecule has 19 heteroatoms. The van der Waals surface area contributed by atoms with E-state index in [1.807, 2.05) is 152 Å². The highest BCUT2D eigenvalue weighted by atomic mass is 19.1. The van der Waals surface area contributed by atoms with Gasteiger partial charge < -0.3 is 29.4 Å². The lowest BCUT2D eigenvalue weighted by molar-refractivity contribution is -0.118. The molecule has 7 aliphatic rings. The second kappa shape index (κ2) is 31.3. The second-order valence-corrected chi connectivity index (χ2v) is 27.5. The monoisotopic (exact) mass is 1340 g/mol. The van der Waals surface area contributed by atoms with Crippen LogP contribution in [-0.2, 0) is 78.5 Å². The smallest absolute Gasteiger partial charge is 0.233 e. The predicted molar refractivity (Wildman–Crippen MR) is 384 cm³/mol. The fourth-order valence-electron chi connectivity index (χ4n) is 13.5. The van der Waals surface area contributed by atoms with Gasteiger partial charge in [0, 0.05) is 82.8 Å². The summed E-state index contributed by atoms with van der Waals surface area (Å²) in [5, 5.41) is 0. The third kappa shape index (κ3) is 15.9. The summed E-state index contributed by atoms with van der Waals surface area (Å²) >= 11 is 0. The summed E-state index contributed by atoms with van der Waals surface area (Å²) in [5.41, 5.74) is 15.1. The Balaban J connectivity index is 0.000000146. The van der Waals surface area contributed by atoms with Gasteiger partial charge in [0.05, 0.1) is 73.4 Å². The van der Waals surface area contributed by atoms with Crippen LogP contribution in [0.25, 0.3) is 0 Å². The van der Waals surface area contributed by atoms with E-state index in [-0.39, 0.29) is 101 Å². The standard InChI is InChI=1S/3C12H14FNO.C12H15NO.C11H13NO.2C10H12N2O/c2*1-7(2)14-11(15)6-9-4-5-10(13)8(3)12(9)14;1-7(2)14-10(15)6-9-5-4-8(3)11(13)12(9)14;1-8(2)13-11-6-9(3)4-5-10(11)7-12(13)14;1-8(2)12-10-6-4-3-5-9(10)7-11(12)13;1-7(2)12-9-4-3-5-11-8(9)6-10(12)13;1-7(2)12-9(13)6-8-4-3-5-11-10(8)12/h3*4-5,7H,6H2,1-3H3;4-6,8H,7H2,1-3H3;3-6,8H,7H2,1-2H3;2*3-5,7H,6H2,1-2H3. The molecule has 0 bridgehead atoms. The minimum absolute atomic E-state index is 0.00931. The summed E-state index contributed by atoms with van der Waals surface area (Å²) in [5.74, 6) is 0.967. The average molecular weight is 1340 g/mol. The Morgan fingerprint density at radius 2 is 0.673 bits per heavy atom. The first-order valence-electron chi connectivity index (χ1n) is 33.9. The van der Waals surface area contributed by atoms with Gasteiger partial charge in [0.25, 0.3) is 0 Å². The van der Waals surface area contributed by atoms with Crippen molar-refractivity contribution < 1.29 is 46.7 Å². The Hall–Kier alpha value is -9.52. The fourth-order valence-corrected chi connectivity index (χ4v) is 13.5. The molecule has 98 heavy (non-hydrogen) atoms. The van der Waals surface area contributed by atoms with Gasteiger partial charge >= 0.3 is 0 Å². The van der Waals surface area contributed by atoms with Crippen molar-refractivity contribution in [1.29, 1.82) is 0 Å². The molecule has 0 N–H and O–H groups in total. The van der Waals surface area contributed by atoms with Gasteiger partial charge in [0.15, 0.2) is 0 Å². The summed E-state index contributed by atoms with van der Waals surface area (Å²) in [6, 6.07) is 32.8. The normalized spacial score (nSPS) is 15.1. The van der Waals surface area contributed by atoms with E-state index in [0.717, 1.165) is 73.3 Å². The molecule has 0 fully saturated rings. The van der Waals surface area contributed by atoms with E-state index in [1.54, 1.807) is 71.0 Å². The third-order valence-corrected chi connectivity index (χ3v) is 17.8. The maximum Gasteiger partial charge on any atom is 0.233 e. The molecule has 0 atom stereocenters. The van der Waals surface area contributed by atoms with E-state index in [4.69, 9.17) is 0 Å².